The Hall–Kier alpha value is -2.19. The van der Waals surface area contributed by atoms with Gasteiger partial charge in [0, 0.05) is 11.1 Å². The number of nitrogens with two attached hydrogens (primary N) is 1. The van der Waals surface area contributed by atoms with Crippen molar-refractivity contribution >= 4 is 49.7 Å². The maximum atomic E-state index is 12.9. The summed E-state index contributed by atoms with van der Waals surface area (Å²) in [4.78, 5) is 30.0. The lowest BCUT2D eigenvalue weighted by Crippen LogP contribution is -2.19. The molecule has 0 aliphatic heterocycles. The number of hydrogen-bond donors (Lipinski definition) is 2. The maximum absolute atomic E-state index is 12.9. The Bertz CT molecular complexity index is 1040. The number of carbonyl (C=O) groups is 2. The topological polar surface area (TPSA) is 89.5 Å². The van der Waals surface area contributed by atoms with Crippen molar-refractivity contribution in [2.75, 3.05) is 5.32 Å². The molecule has 2 amide bonds. The minimum absolute atomic E-state index is 0.328. The average Bonchev–Trinajstić information content (AvgIpc) is 2.96. The number of imidazole rings is 1. The summed E-state index contributed by atoms with van der Waals surface area (Å²) in [6, 6.07) is 1.95. The fourth-order valence-corrected chi connectivity index (χ4v) is 4.49. The number of thiophene rings is 1. The number of nitrogens with zero attached hydrogens (tertiary/aromatic N) is 2. The highest BCUT2D eigenvalue weighted by atomic mass is 79.9. The summed E-state index contributed by atoms with van der Waals surface area (Å²) in [6.07, 6.45) is 1.86. The van der Waals surface area contributed by atoms with Crippen LogP contribution in [0.15, 0.2) is 16.7 Å². The van der Waals surface area contributed by atoms with Gasteiger partial charge >= 0.3 is 0 Å². The largest absolute Gasteiger partial charge is 0.365 e. The van der Waals surface area contributed by atoms with Crippen LogP contribution in [0.1, 0.15) is 42.5 Å². The van der Waals surface area contributed by atoms with Gasteiger partial charge in [-0.2, -0.15) is 0 Å². The molecule has 0 aliphatic rings. The van der Waals surface area contributed by atoms with Crippen molar-refractivity contribution in [2.24, 2.45) is 5.73 Å². The molecule has 0 saturated carbocycles. The summed E-state index contributed by atoms with van der Waals surface area (Å²) in [6.45, 7) is 7.44. The molecule has 0 saturated heterocycles. The van der Waals surface area contributed by atoms with E-state index in [4.69, 9.17) is 5.73 Å². The Morgan fingerprint density at radius 2 is 1.96 bits per heavy atom. The van der Waals surface area contributed by atoms with E-state index in [1.165, 1.54) is 11.3 Å². The Labute approximate surface area is 157 Å². The molecule has 25 heavy (non-hydrogen) atoms. The third-order valence-electron chi connectivity index (χ3n) is 4.06. The number of carbonyl (C=O) groups excluding carboxylic acids is 2. The van der Waals surface area contributed by atoms with Gasteiger partial charge in [0.05, 0.1) is 15.7 Å². The second kappa shape index (κ2) is 6.27. The van der Waals surface area contributed by atoms with Crippen LogP contribution in [0.5, 0.6) is 0 Å². The monoisotopic (exact) mass is 420 g/mol. The van der Waals surface area contributed by atoms with Gasteiger partial charge in [0.25, 0.3) is 11.8 Å². The summed E-state index contributed by atoms with van der Waals surface area (Å²) < 4.78 is 2.57. The van der Waals surface area contributed by atoms with E-state index in [9.17, 15) is 9.59 Å². The second-order valence-corrected chi connectivity index (χ2v) is 7.99. The molecule has 0 unspecified atom stereocenters. The molecule has 0 spiro atoms. The van der Waals surface area contributed by atoms with Crippen LogP contribution in [0.4, 0.5) is 5.00 Å². The quantitative estimate of drug-likeness (QED) is 0.675. The Morgan fingerprint density at radius 3 is 2.60 bits per heavy atom. The predicted octanol–water partition coefficient (Wildman–Crippen LogP) is 3.74. The highest BCUT2D eigenvalue weighted by molar-refractivity contribution is 9.10. The Kier molecular flexibility index (Phi) is 4.42. The lowest BCUT2D eigenvalue weighted by molar-refractivity contribution is 0.100. The van der Waals surface area contributed by atoms with E-state index >= 15 is 0 Å². The summed E-state index contributed by atoms with van der Waals surface area (Å²) >= 11 is 4.82. The van der Waals surface area contributed by atoms with Crippen molar-refractivity contribution in [1.29, 1.82) is 0 Å². The number of primary amides is 1. The first-order valence-electron chi connectivity index (χ1n) is 7.56. The van der Waals surface area contributed by atoms with Crippen LogP contribution in [0, 0.1) is 27.7 Å². The van der Waals surface area contributed by atoms with Gasteiger partial charge in [-0.1, -0.05) is 0 Å². The molecule has 3 aromatic heterocycles. The number of rotatable bonds is 3. The predicted molar refractivity (Wildman–Crippen MR) is 103 cm³/mol. The highest BCUT2D eigenvalue weighted by Gasteiger charge is 2.23. The molecule has 8 heteroatoms. The lowest BCUT2D eigenvalue weighted by Gasteiger charge is -2.07. The van der Waals surface area contributed by atoms with Crippen molar-refractivity contribution in [2.45, 2.75) is 27.7 Å². The van der Waals surface area contributed by atoms with E-state index in [2.05, 4.69) is 26.2 Å². The number of nitrogens with one attached hydrogen (secondary N) is 1. The van der Waals surface area contributed by atoms with Crippen LogP contribution in [0.2, 0.25) is 0 Å². The van der Waals surface area contributed by atoms with Crippen LogP contribution in [0.25, 0.3) is 5.65 Å². The number of fused-ring (bicyclic) bond motifs is 1. The molecule has 0 fully saturated rings. The molecule has 3 rings (SSSR count). The molecular weight excluding hydrogens is 404 g/mol. The average molecular weight is 421 g/mol. The van der Waals surface area contributed by atoms with Gasteiger partial charge < -0.3 is 11.1 Å². The number of hydrogen-bond acceptors (Lipinski definition) is 4. The van der Waals surface area contributed by atoms with Crippen LogP contribution in [-0.4, -0.2) is 21.2 Å². The molecule has 0 radical (unpaired) electrons. The van der Waals surface area contributed by atoms with Crippen LogP contribution in [-0.2, 0) is 0 Å². The van der Waals surface area contributed by atoms with E-state index < -0.39 is 5.91 Å². The number of aromatic nitrogens is 2. The number of amides is 2. The molecule has 6 nitrogen and oxygen atoms in total. The zero-order valence-electron chi connectivity index (χ0n) is 14.2. The zero-order chi connectivity index (χ0) is 18.5. The first-order chi connectivity index (χ1) is 11.7. The third-order valence-corrected chi connectivity index (χ3v) is 5.77. The molecule has 3 aromatic rings. The van der Waals surface area contributed by atoms with E-state index in [0.717, 1.165) is 20.5 Å². The summed E-state index contributed by atoms with van der Waals surface area (Å²) in [5.41, 5.74) is 9.33. The summed E-state index contributed by atoms with van der Waals surface area (Å²) in [5.74, 6) is -0.878. The first-order valence-corrected chi connectivity index (χ1v) is 9.17. The minimum Gasteiger partial charge on any atom is -0.365 e. The van der Waals surface area contributed by atoms with Crippen molar-refractivity contribution in [3.63, 3.8) is 0 Å². The second-order valence-electron chi connectivity index (χ2n) is 5.91. The van der Waals surface area contributed by atoms with E-state index in [-0.39, 0.29) is 5.91 Å². The van der Waals surface area contributed by atoms with Gasteiger partial charge in [-0.25, -0.2) is 4.98 Å². The first kappa shape index (κ1) is 17.6. The van der Waals surface area contributed by atoms with Gasteiger partial charge in [-0.3, -0.25) is 14.0 Å². The van der Waals surface area contributed by atoms with E-state index in [1.807, 2.05) is 33.0 Å². The van der Waals surface area contributed by atoms with E-state index in [1.54, 1.807) is 11.3 Å². The SMILES string of the molecule is Cc1cc(Br)c2nc(C)c(C(=O)Nc3sc(C)c(C)c3C(N)=O)n2c1. The standard InChI is InChI=1S/C17H17BrN4O2S/c1-7-5-11(18)15-20-9(3)13(22(15)6-7)16(24)21-17-12(14(19)23)8(2)10(4)25-17/h5-6H,1-4H3,(H2,19,23)(H,21,24). The Morgan fingerprint density at radius 1 is 1.28 bits per heavy atom. The van der Waals surface area contributed by atoms with Crippen molar-refractivity contribution in [3.05, 3.63) is 49.7 Å². The van der Waals surface area contributed by atoms with Crippen molar-refractivity contribution < 1.29 is 9.59 Å². The van der Waals surface area contributed by atoms with Gasteiger partial charge in [0.1, 0.15) is 10.7 Å². The lowest BCUT2D eigenvalue weighted by atomic mass is 10.1. The fourth-order valence-electron chi connectivity index (χ4n) is 2.79. The number of pyridine rings is 1. The highest BCUT2D eigenvalue weighted by Crippen LogP contribution is 2.32. The molecule has 3 N–H and O–H groups in total. The molecule has 130 valence electrons. The van der Waals surface area contributed by atoms with Crippen molar-refractivity contribution in [3.8, 4) is 0 Å². The van der Waals surface area contributed by atoms with Crippen LogP contribution in [0.3, 0.4) is 0 Å². The van der Waals surface area contributed by atoms with Crippen LogP contribution < -0.4 is 11.1 Å². The van der Waals surface area contributed by atoms with Gasteiger partial charge in [-0.05, 0) is 60.8 Å². The summed E-state index contributed by atoms with van der Waals surface area (Å²) in [5, 5.41) is 3.30. The zero-order valence-corrected chi connectivity index (χ0v) is 16.6. The number of aryl methyl sites for hydroxylation is 3. The molecule has 0 atom stereocenters. The molecular formula is C17H17BrN4O2S. The fraction of sp³-hybridized carbons (Fsp3) is 0.235. The van der Waals surface area contributed by atoms with Crippen LogP contribution >= 0.6 is 27.3 Å². The van der Waals surface area contributed by atoms with Gasteiger partial charge in [0.2, 0.25) is 0 Å². The molecule has 0 aromatic carbocycles. The molecule has 0 aliphatic carbocycles. The van der Waals surface area contributed by atoms with Gasteiger partial charge in [0.15, 0.2) is 5.65 Å². The van der Waals surface area contributed by atoms with E-state index in [0.29, 0.717) is 27.6 Å². The maximum Gasteiger partial charge on any atom is 0.275 e. The summed E-state index contributed by atoms with van der Waals surface area (Å²) in [7, 11) is 0. The normalized spacial score (nSPS) is 11.1. The number of anilines is 1. The third kappa shape index (κ3) is 2.96. The smallest absolute Gasteiger partial charge is 0.275 e. The van der Waals surface area contributed by atoms with Gasteiger partial charge in [-0.15, -0.1) is 11.3 Å². The number of halogens is 1. The minimum atomic E-state index is -0.550. The molecule has 0 bridgehead atoms. The van der Waals surface area contributed by atoms with Crippen molar-refractivity contribution in [1.82, 2.24) is 9.38 Å². The Balaban J connectivity index is 2.09. The molecule has 3 heterocycles.